The number of nitrogens with zero attached hydrogens (tertiary/aromatic N) is 10. The minimum absolute atomic E-state index is 0.0243. The van der Waals surface area contributed by atoms with Gasteiger partial charge in [-0.25, -0.2) is 9.59 Å². The standard InChI is InChI=1S/C55H58N14O4/c1-30-23-38-27-34(5)46(66-64-40-13-9-7-11-32(40)3)48(70)44(38)42(25-30)56-50-58-52(62-54(72)60-50)68-19-15-36(16-20-68)29-37-17-21-69(22-18-37)53-59-51(61-55(73)63-53)57-43-26-31(2)24-39-28-35(6)47(49(71)45(39)43)67-65-41-14-10-8-12-33(41)4/h7-14,23-28,36-37,70-71H,15-22,29H2,1-6H3,(H2,56,58,60,62,72)(H2,57,59,61,63,73). The molecule has 0 radical (unpaired) electrons. The van der Waals surface area contributed by atoms with E-state index in [9.17, 15) is 19.8 Å². The van der Waals surface area contributed by atoms with Gasteiger partial charge in [-0.3, -0.25) is 9.97 Å². The highest BCUT2D eigenvalue weighted by molar-refractivity contribution is 6.04. The minimum Gasteiger partial charge on any atom is -0.505 e. The number of phenolic OH excluding ortho intramolecular Hbond substituents is 2. The Bertz CT molecular complexity index is 3360. The van der Waals surface area contributed by atoms with Gasteiger partial charge < -0.3 is 30.6 Å². The molecule has 2 aromatic heterocycles. The molecule has 10 rings (SSSR count). The summed E-state index contributed by atoms with van der Waals surface area (Å²) >= 11 is 0. The molecule has 6 N–H and O–H groups in total. The molecular formula is C55H58N14O4. The zero-order valence-corrected chi connectivity index (χ0v) is 41.8. The van der Waals surface area contributed by atoms with Crippen LogP contribution in [0.3, 0.4) is 0 Å². The predicted molar refractivity (Wildman–Crippen MR) is 287 cm³/mol. The second-order valence-corrected chi connectivity index (χ2v) is 19.5. The molecule has 0 bridgehead atoms. The molecule has 2 aliphatic heterocycles. The number of aromatic amines is 2. The van der Waals surface area contributed by atoms with Gasteiger partial charge in [0.25, 0.3) is 0 Å². The van der Waals surface area contributed by atoms with E-state index in [2.05, 4.69) is 60.8 Å². The third kappa shape index (κ3) is 10.4. The molecule has 0 amide bonds. The molecule has 6 aromatic carbocycles. The Balaban J connectivity index is 0.775. The Hall–Kier alpha value is -8.54. The summed E-state index contributed by atoms with van der Waals surface area (Å²) in [6.45, 7) is 14.5. The number of benzene rings is 6. The monoisotopic (exact) mass is 978 g/mol. The summed E-state index contributed by atoms with van der Waals surface area (Å²) in [4.78, 5) is 53.7. The van der Waals surface area contributed by atoms with E-state index in [0.717, 1.165) is 76.3 Å². The van der Waals surface area contributed by atoms with Crippen LogP contribution in [0.4, 0.5) is 57.9 Å². The zero-order valence-electron chi connectivity index (χ0n) is 41.8. The molecule has 0 spiro atoms. The Morgan fingerprint density at radius 3 is 1.33 bits per heavy atom. The van der Waals surface area contributed by atoms with Gasteiger partial charge in [0, 0.05) is 37.0 Å². The highest BCUT2D eigenvalue weighted by Gasteiger charge is 2.28. The number of H-pyrrole nitrogens is 2. The summed E-state index contributed by atoms with van der Waals surface area (Å²) in [5.74, 6) is 2.08. The van der Waals surface area contributed by atoms with E-state index in [0.29, 0.717) is 94.8 Å². The molecule has 2 saturated heterocycles. The van der Waals surface area contributed by atoms with Crippen LogP contribution >= 0.6 is 0 Å². The maximum absolute atomic E-state index is 13.0. The van der Waals surface area contributed by atoms with E-state index in [1.165, 1.54) is 0 Å². The van der Waals surface area contributed by atoms with Gasteiger partial charge in [0.05, 0.1) is 22.7 Å². The van der Waals surface area contributed by atoms with E-state index in [-0.39, 0.29) is 23.4 Å². The summed E-state index contributed by atoms with van der Waals surface area (Å²) in [6.07, 6.45) is 4.79. The van der Waals surface area contributed by atoms with Crippen molar-refractivity contribution in [3.8, 4) is 11.5 Å². The molecule has 0 saturated carbocycles. The van der Waals surface area contributed by atoms with Gasteiger partial charge >= 0.3 is 11.4 Å². The maximum atomic E-state index is 13.0. The number of hydrogen-bond acceptors (Lipinski definition) is 16. The highest BCUT2D eigenvalue weighted by Crippen LogP contribution is 2.45. The van der Waals surface area contributed by atoms with Crippen molar-refractivity contribution >= 4 is 79.5 Å². The molecule has 2 fully saturated rings. The van der Waals surface area contributed by atoms with Crippen LogP contribution in [-0.2, 0) is 0 Å². The zero-order chi connectivity index (χ0) is 50.9. The van der Waals surface area contributed by atoms with Crippen LogP contribution in [0, 0.1) is 53.4 Å². The quantitative estimate of drug-likeness (QED) is 0.0627. The van der Waals surface area contributed by atoms with E-state index in [4.69, 9.17) is 9.97 Å². The van der Waals surface area contributed by atoms with Gasteiger partial charge in [-0.2, -0.15) is 30.2 Å². The molecule has 73 heavy (non-hydrogen) atoms. The molecule has 18 nitrogen and oxygen atoms in total. The number of aromatic nitrogens is 6. The largest absolute Gasteiger partial charge is 0.505 e. The number of aryl methyl sites for hydroxylation is 6. The number of nitrogens with one attached hydrogen (secondary N) is 4. The van der Waals surface area contributed by atoms with Crippen LogP contribution in [-0.4, -0.2) is 66.3 Å². The van der Waals surface area contributed by atoms with E-state index >= 15 is 0 Å². The third-order valence-electron chi connectivity index (χ3n) is 14.0. The number of rotatable bonds is 12. The number of anilines is 6. The lowest BCUT2D eigenvalue weighted by Crippen LogP contribution is -2.39. The summed E-state index contributed by atoms with van der Waals surface area (Å²) in [7, 11) is 0. The molecule has 0 atom stereocenters. The molecule has 372 valence electrons. The summed E-state index contributed by atoms with van der Waals surface area (Å²) in [5, 5.41) is 50.4. The van der Waals surface area contributed by atoms with Gasteiger partial charge in [0.15, 0.2) is 11.5 Å². The fourth-order valence-electron chi connectivity index (χ4n) is 10.2. The third-order valence-corrected chi connectivity index (χ3v) is 14.0. The van der Waals surface area contributed by atoms with Crippen LogP contribution < -0.4 is 31.8 Å². The minimum atomic E-state index is -0.525. The molecule has 18 heteroatoms. The van der Waals surface area contributed by atoms with Crippen molar-refractivity contribution in [2.45, 2.75) is 73.6 Å². The van der Waals surface area contributed by atoms with Crippen molar-refractivity contribution in [1.29, 1.82) is 0 Å². The SMILES string of the molecule is Cc1cc(Nc2nc(N3CCC(CC4CCN(c5nc(Nc6cc(C)cc7cc(C)c(N=Nc8ccccc8C)c(O)c67)[nH]c(=O)n5)CC4)CC3)nc(=O)[nH]2)c2c(O)c(N=Nc3ccccc3C)c(C)cc2c1. The average molecular weight is 979 g/mol. The van der Waals surface area contributed by atoms with E-state index in [1.54, 1.807) is 0 Å². The number of piperidine rings is 2. The lowest BCUT2D eigenvalue weighted by Gasteiger charge is -2.36. The van der Waals surface area contributed by atoms with Gasteiger partial charge in [-0.1, -0.05) is 48.5 Å². The van der Waals surface area contributed by atoms with Gasteiger partial charge in [-0.15, -0.1) is 10.2 Å². The maximum Gasteiger partial charge on any atom is 0.351 e. The van der Waals surface area contributed by atoms with Gasteiger partial charge in [0.1, 0.15) is 11.4 Å². The Labute approximate surface area is 421 Å². The van der Waals surface area contributed by atoms with Crippen molar-refractivity contribution < 1.29 is 10.2 Å². The number of aromatic hydroxyl groups is 2. The second-order valence-electron chi connectivity index (χ2n) is 19.5. The predicted octanol–water partition coefficient (Wildman–Crippen LogP) is 12.1. The van der Waals surface area contributed by atoms with Crippen LogP contribution in [0.1, 0.15) is 65.5 Å². The Morgan fingerprint density at radius 2 is 0.932 bits per heavy atom. The Kier molecular flexibility index (Phi) is 13.4. The number of hydrogen-bond donors (Lipinski definition) is 6. The summed E-state index contributed by atoms with van der Waals surface area (Å²) in [5.41, 5.74) is 7.61. The van der Waals surface area contributed by atoms with Crippen LogP contribution in [0.5, 0.6) is 11.5 Å². The van der Waals surface area contributed by atoms with E-state index < -0.39 is 11.4 Å². The lowest BCUT2D eigenvalue weighted by molar-refractivity contribution is 0.278. The number of fused-ring (bicyclic) bond motifs is 2. The number of phenols is 2. The second kappa shape index (κ2) is 20.3. The van der Waals surface area contributed by atoms with Crippen molar-refractivity contribution in [2.24, 2.45) is 32.3 Å². The van der Waals surface area contributed by atoms with Crippen molar-refractivity contribution in [1.82, 2.24) is 29.9 Å². The first kappa shape index (κ1) is 48.1. The molecule has 0 unspecified atom stereocenters. The van der Waals surface area contributed by atoms with Crippen LogP contribution in [0.15, 0.2) is 115 Å². The van der Waals surface area contributed by atoms with Gasteiger partial charge in [0.2, 0.25) is 23.8 Å². The first-order valence-corrected chi connectivity index (χ1v) is 24.7. The van der Waals surface area contributed by atoms with Crippen molar-refractivity contribution in [3.05, 3.63) is 139 Å². The lowest BCUT2D eigenvalue weighted by atomic mass is 9.83. The number of azo groups is 2. The van der Waals surface area contributed by atoms with E-state index in [1.807, 2.05) is 126 Å². The molecule has 8 aromatic rings. The first-order chi connectivity index (χ1) is 35.2. The van der Waals surface area contributed by atoms with Crippen molar-refractivity contribution in [2.75, 3.05) is 46.6 Å². The molecule has 0 aliphatic carbocycles. The smallest absolute Gasteiger partial charge is 0.351 e. The van der Waals surface area contributed by atoms with Crippen LogP contribution in [0.2, 0.25) is 0 Å². The highest BCUT2D eigenvalue weighted by atomic mass is 16.3. The molecule has 2 aliphatic rings. The normalized spacial score (nSPS) is 14.8. The molecule has 4 heterocycles. The van der Waals surface area contributed by atoms with Crippen LogP contribution in [0.25, 0.3) is 21.5 Å². The Morgan fingerprint density at radius 1 is 0.534 bits per heavy atom. The topological polar surface area (TPSA) is 238 Å². The fourth-order valence-corrected chi connectivity index (χ4v) is 10.2. The first-order valence-electron chi connectivity index (χ1n) is 24.7. The summed E-state index contributed by atoms with van der Waals surface area (Å²) < 4.78 is 0. The average Bonchev–Trinajstić information content (AvgIpc) is 3.34. The van der Waals surface area contributed by atoms with Crippen molar-refractivity contribution in [3.63, 3.8) is 0 Å². The van der Waals surface area contributed by atoms with Gasteiger partial charge in [-0.05, 0) is 166 Å². The fraction of sp³-hybridized carbons (Fsp3) is 0.309. The summed E-state index contributed by atoms with van der Waals surface area (Å²) in [6, 6.07) is 27.1. The molecular weight excluding hydrogens is 921 g/mol.